The SMILES string of the molecule is CCC[CH]CCCCC(CCCCCC)CCc1cc(COC(=O)CCC(CCCCCC)OC(=O)NCCN2CCCC2)cc(COC(=O)CCC(OCCCCCCCC)OCCCCCCCC)c1. The van der Waals surface area contributed by atoms with Gasteiger partial charge in [0.2, 0.25) is 0 Å². The van der Waals surface area contributed by atoms with Crippen molar-refractivity contribution in [1.29, 1.82) is 0 Å². The second-order valence-corrected chi connectivity index (χ2v) is 21.2. The first-order valence-electron chi connectivity index (χ1n) is 30.4. The molecule has 0 aliphatic carbocycles. The zero-order valence-corrected chi connectivity index (χ0v) is 47.4. The van der Waals surface area contributed by atoms with E-state index in [0.717, 1.165) is 101 Å². The first-order chi connectivity index (χ1) is 35.3. The molecule has 417 valence electrons. The summed E-state index contributed by atoms with van der Waals surface area (Å²) in [4.78, 5) is 41.9. The molecule has 1 aromatic rings. The molecule has 2 atom stereocenters. The normalized spacial score (nSPS) is 13.7. The molecule has 2 unspecified atom stereocenters. The number of rotatable bonds is 50. The number of amides is 1. The van der Waals surface area contributed by atoms with E-state index in [0.29, 0.717) is 38.5 Å². The van der Waals surface area contributed by atoms with Crippen LogP contribution in [-0.2, 0) is 52.9 Å². The number of benzene rings is 1. The Morgan fingerprint density at radius 2 is 1.04 bits per heavy atom. The van der Waals surface area contributed by atoms with E-state index in [-0.39, 0.29) is 44.1 Å². The van der Waals surface area contributed by atoms with Gasteiger partial charge in [0.05, 0.1) is 6.42 Å². The predicted molar refractivity (Wildman–Crippen MR) is 298 cm³/mol. The summed E-state index contributed by atoms with van der Waals surface area (Å²) in [5.41, 5.74) is 2.99. The van der Waals surface area contributed by atoms with Crippen LogP contribution in [0.15, 0.2) is 18.2 Å². The highest BCUT2D eigenvalue weighted by Crippen LogP contribution is 2.26. The maximum Gasteiger partial charge on any atom is 0.407 e. The van der Waals surface area contributed by atoms with Crippen LogP contribution in [0.5, 0.6) is 0 Å². The van der Waals surface area contributed by atoms with Crippen molar-refractivity contribution in [3.63, 3.8) is 0 Å². The zero-order valence-electron chi connectivity index (χ0n) is 47.4. The lowest BCUT2D eigenvalue weighted by molar-refractivity contribution is -0.160. The van der Waals surface area contributed by atoms with E-state index in [4.69, 9.17) is 23.7 Å². The number of carbonyl (C=O) groups is 3. The number of alkyl carbamates (subject to hydrolysis) is 1. The Labute approximate surface area is 442 Å². The highest BCUT2D eigenvalue weighted by molar-refractivity contribution is 5.70. The topological polar surface area (TPSA) is 113 Å². The number of carbonyl (C=O) groups excluding carboxylic acids is 3. The third-order valence-corrected chi connectivity index (χ3v) is 14.4. The van der Waals surface area contributed by atoms with E-state index in [9.17, 15) is 14.4 Å². The number of aryl methyl sites for hydroxylation is 1. The summed E-state index contributed by atoms with van der Waals surface area (Å²) < 4.78 is 30.2. The Hall–Kier alpha value is -2.69. The summed E-state index contributed by atoms with van der Waals surface area (Å²) in [6.45, 7) is 16.3. The second kappa shape index (κ2) is 46.8. The number of unbranched alkanes of at least 4 members (excludes halogenated alkanes) is 21. The van der Waals surface area contributed by atoms with E-state index < -0.39 is 12.4 Å². The largest absolute Gasteiger partial charge is 0.461 e. The Morgan fingerprint density at radius 1 is 0.542 bits per heavy atom. The van der Waals surface area contributed by atoms with Gasteiger partial charge < -0.3 is 33.9 Å². The van der Waals surface area contributed by atoms with Crippen molar-refractivity contribution < 1.29 is 38.1 Å². The number of hydrogen-bond donors (Lipinski definition) is 1. The van der Waals surface area contributed by atoms with Crippen LogP contribution in [-0.4, -0.2) is 74.7 Å². The first kappa shape index (κ1) is 65.4. The molecule has 0 aromatic heterocycles. The number of hydrogen-bond acceptors (Lipinski definition) is 9. The third kappa shape index (κ3) is 37.1. The average molecular weight is 1010 g/mol. The molecular formula is C62H111N2O8. The number of ether oxygens (including phenoxy) is 5. The molecular weight excluding hydrogens is 901 g/mol. The molecule has 1 aliphatic heterocycles. The smallest absolute Gasteiger partial charge is 0.407 e. The minimum atomic E-state index is -0.414. The minimum absolute atomic E-state index is 0.134. The molecule has 0 bridgehead atoms. The van der Waals surface area contributed by atoms with Gasteiger partial charge in [-0.25, -0.2) is 4.79 Å². The highest BCUT2D eigenvalue weighted by atomic mass is 16.7. The molecule has 72 heavy (non-hydrogen) atoms. The number of esters is 2. The van der Waals surface area contributed by atoms with Gasteiger partial charge in [-0.05, 0) is 106 Å². The molecule has 1 amide bonds. The average Bonchev–Trinajstić information content (AvgIpc) is 3.91. The molecule has 2 rings (SSSR count). The highest BCUT2D eigenvalue weighted by Gasteiger charge is 2.19. The van der Waals surface area contributed by atoms with Crippen LogP contribution in [0.3, 0.4) is 0 Å². The molecule has 0 saturated carbocycles. The molecule has 1 heterocycles. The monoisotopic (exact) mass is 1010 g/mol. The van der Waals surface area contributed by atoms with E-state index in [1.54, 1.807) is 0 Å². The van der Waals surface area contributed by atoms with E-state index >= 15 is 0 Å². The van der Waals surface area contributed by atoms with Gasteiger partial charge in [-0.2, -0.15) is 0 Å². The van der Waals surface area contributed by atoms with Crippen molar-refractivity contribution in [3.8, 4) is 0 Å². The second-order valence-electron chi connectivity index (χ2n) is 21.2. The standard InChI is InChI=1S/C62H111N2O8/c1-6-11-16-21-24-28-35-54(34-27-19-14-9-4)37-38-55-49-56(52-70-59(65)40-39-58(36-29-20-15-10-5)72-62(67)63-43-46-64-44-30-31-45-64)51-57(50-55)53-71-60(66)41-42-61(68-47-32-25-22-17-12-7-2)69-48-33-26-23-18-13-8-3/h16,49-51,54,58,61H,6-15,17-48,52-53H2,1-5H3,(H,63,67). The quantitative estimate of drug-likeness (QED) is 0.0295. The molecule has 0 spiro atoms. The fraction of sp³-hybridized carbons (Fsp3) is 0.839. The van der Waals surface area contributed by atoms with Gasteiger partial charge in [-0.1, -0.05) is 201 Å². The van der Waals surface area contributed by atoms with E-state index in [1.807, 2.05) is 6.07 Å². The van der Waals surface area contributed by atoms with E-state index in [2.05, 4.69) is 63.4 Å². The van der Waals surface area contributed by atoms with Gasteiger partial charge in [0.1, 0.15) is 19.3 Å². The predicted octanol–water partition coefficient (Wildman–Crippen LogP) is 16.7. The van der Waals surface area contributed by atoms with Crippen LogP contribution in [0.25, 0.3) is 0 Å². The molecule has 1 aliphatic rings. The van der Waals surface area contributed by atoms with Crippen molar-refractivity contribution in [2.45, 2.75) is 291 Å². The van der Waals surface area contributed by atoms with Crippen LogP contribution in [0.2, 0.25) is 0 Å². The zero-order chi connectivity index (χ0) is 52.0. The minimum Gasteiger partial charge on any atom is -0.461 e. The number of nitrogens with zero attached hydrogens (tertiary/aromatic N) is 1. The van der Waals surface area contributed by atoms with E-state index in [1.165, 1.54) is 140 Å². The Morgan fingerprint density at radius 3 is 1.61 bits per heavy atom. The van der Waals surface area contributed by atoms with Crippen molar-refractivity contribution >= 4 is 18.0 Å². The maximum absolute atomic E-state index is 13.4. The van der Waals surface area contributed by atoms with Gasteiger partial charge >= 0.3 is 18.0 Å². The molecule has 1 fully saturated rings. The summed E-state index contributed by atoms with van der Waals surface area (Å²) in [6.07, 6.45) is 40.2. The summed E-state index contributed by atoms with van der Waals surface area (Å²) in [6, 6.07) is 6.37. The van der Waals surface area contributed by atoms with Gasteiger partial charge in [0.25, 0.3) is 0 Å². The number of nitrogens with one attached hydrogen (secondary N) is 1. The third-order valence-electron chi connectivity index (χ3n) is 14.4. The maximum atomic E-state index is 13.4. The van der Waals surface area contributed by atoms with Crippen LogP contribution >= 0.6 is 0 Å². The Bertz CT molecular complexity index is 1420. The summed E-state index contributed by atoms with van der Waals surface area (Å²) >= 11 is 0. The fourth-order valence-electron chi connectivity index (χ4n) is 9.86. The molecule has 1 radical (unpaired) electrons. The lowest BCUT2D eigenvalue weighted by atomic mass is 9.88. The van der Waals surface area contributed by atoms with Crippen LogP contribution < -0.4 is 5.32 Å². The van der Waals surface area contributed by atoms with Crippen molar-refractivity contribution in [2.24, 2.45) is 5.92 Å². The lowest BCUT2D eigenvalue weighted by Gasteiger charge is -2.19. The fourth-order valence-corrected chi connectivity index (χ4v) is 9.86. The van der Waals surface area contributed by atoms with Crippen LogP contribution in [0.4, 0.5) is 4.79 Å². The van der Waals surface area contributed by atoms with Crippen LogP contribution in [0.1, 0.15) is 276 Å². The van der Waals surface area contributed by atoms with Gasteiger partial charge in [0, 0.05) is 39.1 Å². The van der Waals surface area contributed by atoms with Crippen molar-refractivity contribution in [1.82, 2.24) is 10.2 Å². The molecule has 1 saturated heterocycles. The molecule has 1 N–H and O–H groups in total. The molecule has 10 heteroatoms. The molecule has 1 aromatic carbocycles. The molecule has 10 nitrogen and oxygen atoms in total. The first-order valence-corrected chi connectivity index (χ1v) is 30.4. The van der Waals surface area contributed by atoms with Crippen molar-refractivity contribution in [2.75, 3.05) is 39.4 Å². The number of likely N-dealkylation sites (tertiary alicyclic amines) is 1. The van der Waals surface area contributed by atoms with Gasteiger partial charge in [-0.3, -0.25) is 9.59 Å². The lowest BCUT2D eigenvalue weighted by Crippen LogP contribution is -2.35. The Kier molecular flexibility index (Phi) is 42.5. The van der Waals surface area contributed by atoms with Crippen LogP contribution in [0, 0.1) is 12.3 Å². The Balaban J connectivity index is 2.12. The van der Waals surface area contributed by atoms with Gasteiger partial charge in [-0.15, -0.1) is 0 Å². The van der Waals surface area contributed by atoms with Gasteiger partial charge in [0.15, 0.2) is 6.29 Å². The summed E-state index contributed by atoms with van der Waals surface area (Å²) in [5, 5.41) is 2.94. The summed E-state index contributed by atoms with van der Waals surface area (Å²) in [7, 11) is 0. The van der Waals surface area contributed by atoms with Crippen molar-refractivity contribution in [3.05, 3.63) is 41.3 Å². The summed E-state index contributed by atoms with van der Waals surface area (Å²) in [5.74, 6) is 0.0969.